The van der Waals surface area contributed by atoms with E-state index in [0.717, 1.165) is 12.1 Å². The number of anilines is 1. The van der Waals surface area contributed by atoms with Crippen molar-refractivity contribution in [3.63, 3.8) is 0 Å². The van der Waals surface area contributed by atoms with Gasteiger partial charge >= 0.3 is 12.1 Å². The molecule has 1 fully saturated rings. The van der Waals surface area contributed by atoms with Gasteiger partial charge in [-0.15, -0.1) is 0 Å². The Kier molecular flexibility index (Phi) is 5.84. The first kappa shape index (κ1) is 23.7. The van der Waals surface area contributed by atoms with Gasteiger partial charge in [0.2, 0.25) is 5.43 Å². The van der Waals surface area contributed by atoms with Crippen LogP contribution in [0.25, 0.3) is 16.6 Å². The first-order valence-electron chi connectivity index (χ1n) is 10.4. The highest BCUT2D eigenvalue weighted by atomic mass is 19.4. The maximum Gasteiger partial charge on any atom is 0.420 e. The minimum Gasteiger partial charge on any atom is -0.477 e. The number of nitrogens with one attached hydrogen (secondary N) is 1. The molecule has 0 saturated carbocycles. The average Bonchev–Trinajstić information content (AvgIpc) is 2.73. The number of pyridine rings is 1. The summed E-state index contributed by atoms with van der Waals surface area (Å²) < 4.78 is 72.7. The molecule has 3 aromatic rings. The smallest absolute Gasteiger partial charge is 0.420 e. The van der Waals surface area contributed by atoms with Gasteiger partial charge in [0.05, 0.1) is 22.3 Å². The predicted octanol–water partition coefficient (Wildman–Crippen LogP) is 4.09. The molecule has 0 spiro atoms. The summed E-state index contributed by atoms with van der Waals surface area (Å²) in [7, 11) is 0. The lowest BCUT2D eigenvalue weighted by Crippen LogP contribution is -2.49. The first-order valence-corrected chi connectivity index (χ1v) is 10.4. The Morgan fingerprint density at radius 2 is 1.88 bits per heavy atom. The molecule has 6 nitrogen and oxygen atoms in total. The zero-order valence-corrected chi connectivity index (χ0v) is 18.1. The topological polar surface area (TPSA) is 74.6 Å². The van der Waals surface area contributed by atoms with Crippen molar-refractivity contribution in [2.24, 2.45) is 0 Å². The lowest BCUT2D eigenvalue weighted by Gasteiger charge is -2.36. The van der Waals surface area contributed by atoms with Crippen LogP contribution < -0.4 is 15.6 Å². The van der Waals surface area contributed by atoms with Gasteiger partial charge in [0.1, 0.15) is 22.8 Å². The SMILES string of the molecule is Cc1cc(N2CCNC(C)C2)c(C(F)(F)F)c2c1c(=O)c(C(=O)O)cn2-c1ccc(F)cc1F. The summed E-state index contributed by atoms with van der Waals surface area (Å²) in [5.74, 6) is -3.86. The minimum atomic E-state index is -4.98. The van der Waals surface area contributed by atoms with E-state index in [9.17, 15) is 36.6 Å². The van der Waals surface area contributed by atoms with Gasteiger partial charge in [-0.3, -0.25) is 4.79 Å². The third-order valence-electron chi connectivity index (χ3n) is 5.84. The van der Waals surface area contributed by atoms with Crippen LogP contribution in [0.4, 0.5) is 27.6 Å². The van der Waals surface area contributed by atoms with Crippen molar-refractivity contribution >= 4 is 22.6 Å². The predicted molar refractivity (Wildman–Crippen MR) is 116 cm³/mol. The third kappa shape index (κ3) is 4.00. The molecular formula is C23H20F5N3O3. The number of benzene rings is 2. The molecule has 0 amide bonds. The lowest BCUT2D eigenvalue weighted by atomic mass is 9.97. The number of alkyl halides is 3. The van der Waals surface area contributed by atoms with E-state index in [1.807, 2.05) is 6.92 Å². The third-order valence-corrected chi connectivity index (χ3v) is 5.84. The van der Waals surface area contributed by atoms with Gasteiger partial charge in [0.15, 0.2) is 0 Å². The fourth-order valence-electron chi connectivity index (χ4n) is 4.40. The van der Waals surface area contributed by atoms with Gasteiger partial charge in [-0.25, -0.2) is 13.6 Å². The fraction of sp³-hybridized carbons (Fsp3) is 0.304. The quantitative estimate of drug-likeness (QED) is 0.552. The molecule has 2 heterocycles. The maximum atomic E-state index is 14.7. The van der Waals surface area contributed by atoms with Gasteiger partial charge < -0.3 is 19.9 Å². The van der Waals surface area contributed by atoms with Crippen LogP contribution in [0.15, 0.2) is 35.3 Å². The van der Waals surface area contributed by atoms with E-state index < -0.39 is 56.9 Å². The van der Waals surface area contributed by atoms with E-state index in [0.29, 0.717) is 23.4 Å². The average molecular weight is 481 g/mol. The normalized spacial score (nSPS) is 16.8. The molecule has 1 aromatic heterocycles. The van der Waals surface area contributed by atoms with E-state index >= 15 is 0 Å². The number of rotatable bonds is 3. The summed E-state index contributed by atoms with van der Waals surface area (Å²) in [5, 5.41) is 12.2. The fourth-order valence-corrected chi connectivity index (χ4v) is 4.40. The molecule has 0 radical (unpaired) electrons. The number of hydrogen-bond donors (Lipinski definition) is 2. The van der Waals surface area contributed by atoms with Gasteiger partial charge in [-0.05, 0) is 37.6 Å². The molecule has 2 aromatic carbocycles. The monoisotopic (exact) mass is 481 g/mol. The minimum absolute atomic E-state index is 0.105. The molecular weight excluding hydrogens is 461 g/mol. The van der Waals surface area contributed by atoms with E-state index in [1.165, 1.54) is 17.9 Å². The Labute approximate surface area is 190 Å². The Morgan fingerprint density at radius 3 is 2.47 bits per heavy atom. The molecule has 1 aliphatic rings. The van der Waals surface area contributed by atoms with Crippen molar-refractivity contribution in [3.8, 4) is 5.69 Å². The summed E-state index contributed by atoms with van der Waals surface area (Å²) in [5.41, 5.74) is -4.46. The van der Waals surface area contributed by atoms with Crippen LogP contribution in [0.2, 0.25) is 0 Å². The van der Waals surface area contributed by atoms with Crippen LogP contribution in [-0.2, 0) is 6.18 Å². The standard InChI is InChI=1S/C23H20F5N3O3/c1-11-7-17(30-6-5-29-12(2)9-30)19(23(26,27)28)20-18(11)21(32)14(22(33)34)10-31(20)16-4-3-13(24)8-15(16)25/h3-4,7-8,10,12,29H,5-6,9H2,1-2H3,(H,33,34). The molecule has 0 aliphatic carbocycles. The summed E-state index contributed by atoms with van der Waals surface area (Å²) >= 11 is 0. The molecule has 0 bridgehead atoms. The highest BCUT2D eigenvalue weighted by Crippen LogP contribution is 2.43. The Hall–Kier alpha value is -3.47. The number of carboxylic acids is 1. The number of nitrogens with zero attached hydrogens (tertiary/aromatic N) is 2. The summed E-state index contributed by atoms with van der Waals surface area (Å²) in [6.45, 7) is 4.14. The summed E-state index contributed by atoms with van der Waals surface area (Å²) in [4.78, 5) is 26.2. The second-order valence-corrected chi connectivity index (χ2v) is 8.25. The molecule has 1 unspecified atom stereocenters. The van der Waals surface area contributed by atoms with Crippen molar-refractivity contribution in [3.05, 3.63) is 69.0 Å². The van der Waals surface area contributed by atoms with Gasteiger partial charge in [-0.1, -0.05) is 0 Å². The van der Waals surface area contributed by atoms with Crippen molar-refractivity contribution in [1.82, 2.24) is 9.88 Å². The number of aromatic nitrogens is 1. The maximum absolute atomic E-state index is 14.7. The van der Waals surface area contributed by atoms with Crippen molar-refractivity contribution in [2.45, 2.75) is 26.1 Å². The molecule has 1 aliphatic heterocycles. The molecule has 4 rings (SSSR count). The van der Waals surface area contributed by atoms with Gasteiger partial charge in [-0.2, -0.15) is 13.2 Å². The largest absolute Gasteiger partial charge is 0.477 e. The summed E-state index contributed by atoms with van der Waals surface area (Å²) in [6, 6.07) is 3.31. The van der Waals surface area contributed by atoms with Crippen LogP contribution in [-0.4, -0.2) is 41.3 Å². The Morgan fingerprint density at radius 1 is 1.18 bits per heavy atom. The number of aryl methyl sites for hydroxylation is 1. The number of carboxylic acid groups (broad SMARTS) is 1. The van der Waals surface area contributed by atoms with Gasteiger partial charge in [0, 0.05) is 37.9 Å². The first-order chi connectivity index (χ1) is 15.9. The number of aromatic carboxylic acids is 1. The number of fused-ring (bicyclic) bond motifs is 1. The molecule has 11 heteroatoms. The van der Waals surface area contributed by atoms with Crippen LogP contribution in [0, 0.1) is 18.6 Å². The Bertz CT molecular complexity index is 1370. The van der Waals surface area contributed by atoms with Crippen molar-refractivity contribution in [1.29, 1.82) is 0 Å². The van der Waals surface area contributed by atoms with E-state index in [4.69, 9.17) is 0 Å². The van der Waals surface area contributed by atoms with E-state index in [-0.39, 0.29) is 30.4 Å². The van der Waals surface area contributed by atoms with Crippen LogP contribution in [0.3, 0.4) is 0 Å². The van der Waals surface area contributed by atoms with Crippen LogP contribution >= 0.6 is 0 Å². The lowest BCUT2D eigenvalue weighted by molar-refractivity contribution is -0.136. The van der Waals surface area contributed by atoms with E-state index in [2.05, 4.69) is 5.32 Å². The zero-order chi connectivity index (χ0) is 24.9. The second-order valence-electron chi connectivity index (χ2n) is 8.25. The van der Waals surface area contributed by atoms with Crippen molar-refractivity contribution < 1.29 is 31.9 Å². The van der Waals surface area contributed by atoms with E-state index in [1.54, 1.807) is 0 Å². The molecule has 180 valence electrons. The number of piperazine rings is 1. The molecule has 1 atom stereocenters. The van der Waals surface area contributed by atoms with Crippen LogP contribution in [0.1, 0.15) is 28.4 Å². The molecule has 34 heavy (non-hydrogen) atoms. The number of halogens is 5. The highest BCUT2D eigenvalue weighted by molar-refractivity contribution is 5.97. The number of carbonyl (C=O) groups is 1. The second kappa shape index (κ2) is 8.39. The number of hydrogen-bond acceptors (Lipinski definition) is 4. The molecule has 1 saturated heterocycles. The highest BCUT2D eigenvalue weighted by Gasteiger charge is 2.40. The van der Waals surface area contributed by atoms with Crippen molar-refractivity contribution in [2.75, 3.05) is 24.5 Å². The molecule has 2 N–H and O–H groups in total. The van der Waals surface area contributed by atoms with Gasteiger partial charge in [0.25, 0.3) is 0 Å². The summed E-state index contributed by atoms with van der Waals surface area (Å²) in [6.07, 6.45) is -4.33. The van der Waals surface area contributed by atoms with Crippen LogP contribution in [0.5, 0.6) is 0 Å². The Balaban J connectivity index is 2.22. The zero-order valence-electron chi connectivity index (χ0n) is 18.1.